The molecule has 2 heteroatoms. The lowest BCUT2D eigenvalue weighted by atomic mass is 9.46. The van der Waals surface area contributed by atoms with E-state index in [0.29, 0.717) is 24.7 Å². The maximum Gasteiger partial charge on any atom is 0.0797 e. The van der Waals surface area contributed by atoms with Crippen LogP contribution >= 0.6 is 0 Å². The van der Waals surface area contributed by atoms with Crippen LogP contribution in [0, 0.1) is 22.7 Å². The molecule has 2 aliphatic carbocycles. The van der Waals surface area contributed by atoms with E-state index in [1.165, 1.54) is 18.4 Å². The summed E-state index contributed by atoms with van der Waals surface area (Å²) in [6.07, 6.45) is 7.26. The molecule has 0 aromatic rings. The summed E-state index contributed by atoms with van der Waals surface area (Å²) in [6.45, 7) is 16.8. The summed E-state index contributed by atoms with van der Waals surface area (Å²) in [5, 5.41) is 21.0. The van der Waals surface area contributed by atoms with Gasteiger partial charge in [-0.2, -0.15) is 0 Å². The van der Waals surface area contributed by atoms with Gasteiger partial charge in [0.05, 0.1) is 11.7 Å². The van der Waals surface area contributed by atoms with Gasteiger partial charge in [0.1, 0.15) is 0 Å². The van der Waals surface area contributed by atoms with Crippen LogP contribution < -0.4 is 0 Å². The molecule has 0 amide bonds. The van der Waals surface area contributed by atoms with E-state index in [4.69, 9.17) is 0 Å². The molecule has 0 heterocycles. The molecule has 2 aliphatic rings. The maximum absolute atomic E-state index is 10.7. The monoisotopic (exact) mass is 306 g/mol. The largest absolute Gasteiger partial charge is 0.392 e. The molecule has 0 spiro atoms. The first-order chi connectivity index (χ1) is 10.0. The van der Waals surface area contributed by atoms with Crippen molar-refractivity contribution in [2.45, 2.75) is 77.9 Å². The Balaban J connectivity index is 2.28. The normalized spacial score (nSPS) is 40.6. The minimum Gasteiger partial charge on any atom is -0.392 e. The quantitative estimate of drug-likeness (QED) is 0.752. The third kappa shape index (κ3) is 3.05. The highest BCUT2D eigenvalue weighted by Crippen LogP contribution is 2.61. The van der Waals surface area contributed by atoms with Gasteiger partial charge in [-0.1, -0.05) is 45.4 Å². The lowest BCUT2D eigenvalue weighted by molar-refractivity contribution is -0.123. The highest BCUT2D eigenvalue weighted by molar-refractivity contribution is 5.18. The summed E-state index contributed by atoms with van der Waals surface area (Å²) in [5.41, 5.74) is 0.621. The fourth-order valence-electron chi connectivity index (χ4n) is 5.55. The molecule has 126 valence electrons. The Labute approximate surface area is 136 Å². The summed E-state index contributed by atoms with van der Waals surface area (Å²) >= 11 is 0. The van der Waals surface area contributed by atoms with E-state index in [9.17, 15) is 10.2 Å². The molecule has 0 bridgehead atoms. The topological polar surface area (TPSA) is 40.5 Å². The zero-order valence-electron chi connectivity index (χ0n) is 14.9. The Bertz CT molecular complexity index is 449. The van der Waals surface area contributed by atoms with Gasteiger partial charge in [-0.15, -0.1) is 6.58 Å². The van der Waals surface area contributed by atoms with Gasteiger partial charge in [0.15, 0.2) is 0 Å². The van der Waals surface area contributed by atoms with Crippen molar-refractivity contribution < 1.29 is 10.2 Å². The molecule has 2 N–H and O–H groups in total. The van der Waals surface area contributed by atoms with E-state index in [2.05, 4.69) is 33.9 Å². The first kappa shape index (κ1) is 17.7. The van der Waals surface area contributed by atoms with Crippen LogP contribution in [0.15, 0.2) is 24.8 Å². The Morgan fingerprint density at radius 3 is 2.55 bits per heavy atom. The van der Waals surface area contributed by atoms with E-state index in [1.54, 1.807) is 6.08 Å². The van der Waals surface area contributed by atoms with Crippen molar-refractivity contribution in [3.63, 3.8) is 0 Å². The fraction of sp³-hybridized carbons (Fsp3) is 0.800. The SMILES string of the molecule is C=C[C@@](C)(O)CC[C@H]1C(=C)C[C@H](O)[C@@H]2C(C)(C)CCC[C@]21C. The minimum absolute atomic E-state index is 0.0910. The Morgan fingerprint density at radius 2 is 1.95 bits per heavy atom. The van der Waals surface area contributed by atoms with Crippen molar-refractivity contribution in [1.29, 1.82) is 0 Å². The van der Waals surface area contributed by atoms with Gasteiger partial charge in [-0.25, -0.2) is 0 Å². The van der Waals surface area contributed by atoms with Crippen LogP contribution in [0.3, 0.4) is 0 Å². The molecule has 0 saturated heterocycles. The number of rotatable bonds is 4. The average molecular weight is 306 g/mol. The molecular formula is C20H34O2. The standard InChI is InChI=1S/C20H34O2/c1-7-19(5,22)12-9-15-14(2)13-16(21)17-18(3,4)10-8-11-20(15,17)6/h7,15-17,21-22H,1-2,8-13H2,3-6H3/t15-,16-,17+,19+,20-/m0/s1. The number of hydrogen-bond donors (Lipinski definition) is 2. The molecule has 0 radical (unpaired) electrons. The molecular weight excluding hydrogens is 272 g/mol. The number of aliphatic hydroxyl groups is 2. The lowest BCUT2D eigenvalue weighted by Gasteiger charge is -2.59. The van der Waals surface area contributed by atoms with E-state index in [0.717, 1.165) is 12.8 Å². The van der Waals surface area contributed by atoms with E-state index < -0.39 is 5.60 Å². The van der Waals surface area contributed by atoms with Gasteiger partial charge in [0.25, 0.3) is 0 Å². The van der Waals surface area contributed by atoms with Crippen LogP contribution in [-0.2, 0) is 0 Å². The molecule has 5 atom stereocenters. The number of hydrogen-bond acceptors (Lipinski definition) is 2. The maximum atomic E-state index is 10.7. The summed E-state index contributed by atoms with van der Waals surface area (Å²) in [5.74, 6) is 0.699. The van der Waals surface area contributed by atoms with Crippen LogP contribution in [0.4, 0.5) is 0 Å². The number of fused-ring (bicyclic) bond motifs is 1. The summed E-state index contributed by atoms with van der Waals surface area (Å²) in [4.78, 5) is 0. The molecule has 0 aliphatic heterocycles. The predicted molar refractivity (Wildman–Crippen MR) is 92.5 cm³/mol. The minimum atomic E-state index is -0.813. The number of aliphatic hydroxyl groups excluding tert-OH is 1. The van der Waals surface area contributed by atoms with Gasteiger partial charge in [-0.3, -0.25) is 0 Å². The average Bonchev–Trinajstić information content (AvgIpc) is 2.36. The Morgan fingerprint density at radius 1 is 1.32 bits per heavy atom. The summed E-state index contributed by atoms with van der Waals surface area (Å²) in [6, 6.07) is 0. The van der Waals surface area contributed by atoms with E-state index >= 15 is 0 Å². The van der Waals surface area contributed by atoms with E-state index in [1.807, 2.05) is 6.92 Å². The van der Waals surface area contributed by atoms with Crippen molar-refractivity contribution in [2.24, 2.45) is 22.7 Å². The zero-order chi connectivity index (χ0) is 16.8. The molecule has 2 nitrogen and oxygen atoms in total. The molecule has 2 fully saturated rings. The van der Waals surface area contributed by atoms with Crippen LogP contribution in [0.25, 0.3) is 0 Å². The van der Waals surface area contributed by atoms with Crippen molar-refractivity contribution in [3.05, 3.63) is 24.8 Å². The van der Waals surface area contributed by atoms with Crippen molar-refractivity contribution in [1.82, 2.24) is 0 Å². The summed E-state index contributed by atoms with van der Waals surface area (Å²) in [7, 11) is 0. The Kier molecular flexibility index (Phi) is 4.68. The molecule has 22 heavy (non-hydrogen) atoms. The van der Waals surface area contributed by atoms with Gasteiger partial charge < -0.3 is 10.2 Å². The van der Waals surface area contributed by atoms with Gasteiger partial charge >= 0.3 is 0 Å². The first-order valence-electron chi connectivity index (χ1n) is 8.75. The molecule has 0 aromatic carbocycles. The van der Waals surface area contributed by atoms with Crippen LogP contribution in [-0.4, -0.2) is 21.9 Å². The van der Waals surface area contributed by atoms with Gasteiger partial charge in [-0.05, 0) is 61.7 Å². The van der Waals surface area contributed by atoms with Crippen molar-refractivity contribution in [2.75, 3.05) is 0 Å². The fourth-order valence-corrected chi connectivity index (χ4v) is 5.55. The summed E-state index contributed by atoms with van der Waals surface area (Å²) < 4.78 is 0. The molecule has 2 saturated carbocycles. The second-order valence-electron chi connectivity index (χ2n) is 8.91. The highest BCUT2D eigenvalue weighted by Gasteiger charge is 2.56. The van der Waals surface area contributed by atoms with Gasteiger partial charge in [0, 0.05) is 0 Å². The third-order valence-electron chi connectivity index (χ3n) is 6.61. The van der Waals surface area contributed by atoms with Crippen LogP contribution in [0.1, 0.15) is 66.2 Å². The highest BCUT2D eigenvalue weighted by atomic mass is 16.3. The second kappa shape index (κ2) is 5.79. The predicted octanol–water partition coefficient (Wildman–Crippen LogP) is 4.47. The van der Waals surface area contributed by atoms with E-state index in [-0.39, 0.29) is 16.9 Å². The molecule has 2 rings (SSSR count). The molecule has 0 aromatic heterocycles. The van der Waals surface area contributed by atoms with Gasteiger partial charge in [0.2, 0.25) is 0 Å². The van der Waals surface area contributed by atoms with Crippen molar-refractivity contribution >= 4 is 0 Å². The zero-order valence-corrected chi connectivity index (χ0v) is 14.9. The lowest BCUT2D eigenvalue weighted by Crippen LogP contribution is -2.55. The molecule has 0 unspecified atom stereocenters. The second-order valence-corrected chi connectivity index (χ2v) is 8.91. The van der Waals surface area contributed by atoms with Crippen molar-refractivity contribution in [3.8, 4) is 0 Å². The Hall–Kier alpha value is -0.600. The van der Waals surface area contributed by atoms with Crippen LogP contribution in [0.5, 0.6) is 0 Å². The smallest absolute Gasteiger partial charge is 0.0797 e. The third-order valence-corrected chi connectivity index (χ3v) is 6.61. The van der Waals surface area contributed by atoms with Crippen LogP contribution in [0.2, 0.25) is 0 Å². The first-order valence-corrected chi connectivity index (χ1v) is 8.75.